The molecule has 10 N–H and O–H groups in total. The number of carbonyl (C=O) groups is 9. The molecular weight excluding hydrogens is 791 g/mol. The van der Waals surface area contributed by atoms with Crippen molar-refractivity contribution in [2.45, 2.75) is 83.2 Å². The van der Waals surface area contributed by atoms with Gasteiger partial charge < -0.3 is 52.5 Å². The minimum Gasteiger partial charge on any atom is -0.467 e. The smallest absolute Gasteiger partial charge is 0.328 e. The van der Waals surface area contributed by atoms with E-state index in [4.69, 9.17) is 27.7 Å². The second kappa shape index (κ2) is 19.2. The minimum atomic E-state index is -0.846. The molecule has 1 fully saturated rings. The van der Waals surface area contributed by atoms with Crippen LogP contribution in [0.5, 0.6) is 0 Å². The highest BCUT2D eigenvalue weighted by molar-refractivity contribution is 6.06. The van der Waals surface area contributed by atoms with Crippen LogP contribution in [0.4, 0.5) is 17.1 Å². The Balaban J connectivity index is 0.000000173. The third-order valence-corrected chi connectivity index (χ3v) is 10.9. The summed E-state index contributed by atoms with van der Waals surface area (Å²) in [5, 5.41) is 5.35. The first-order valence-corrected chi connectivity index (χ1v) is 19.4. The number of benzene rings is 3. The van der Waals surface area contributed by atoms with Crippen molar-refractivity contribution < 1.29 is 47.9 Å². The molecule has 0 bridgehead atoms. The van der Waals surface area contributed by atoms with Gasteiger partial charge in [0, 0.05) is 96.4 Å². The Morgan fingerprint density at radius 3 is 1.75 bits per heavy atom. The Bertz CT molecular complexity index is 2300. The highest BCUT2D eigenvalue weighted by atomic mass is 16.5. The molecule has 3 atom stereocenters. The zero-order valence-electron chi connectivity index (χ0n) is 34.0. The number of rotatable bonds is 12. The highest BCUT2D eigenvalue weighted by Crippen LogP contribution is 2.33. The van der Waals surface area contributed by atoms with Crippen LogP contribution in [0.3, 0.4) is 0 Å². The van der Waals surface area contributed by atoms with Crippen LogP contribution in [-0.4, -0.2) is 100 Å². The van der Waals surface area contributed by atoms with Crippen LogP contribution >= 0.6 is 0 Å². The molecule has 4 aliphatic rings. The first-order valence-electron chi connectivity index (χ1n) is 19.4. The predicted molar refractivity (Wildman–Crippen MR) is 221 cm³/mol. The van der Waals surface area contributed by atoms with E-state index in [0.29, 0.717) is 52.2 Å². The van der Waals surface area contributed by atoms with Gasteiger partial charge in [0.1, 0.15) is 23.9 Å². The van der Waals surface area contributed by atoms with Crippen LogP contribution in [0.2, 0.25) is 0 Å². The SMILES string of the molecule is CC(=O)CCC(C(N)=O)N1Cc2c(N)cccc2C1=O.CNc1cccc2c1CN(C1CCC(=O)NC1=O)C2=O.COC(=O)C(CCC(N)=O)N1Cc2c(N)cccc2C1=O. The number of nitrogens with zero attached hydrogens (tertiary/aromatic N) is 3. The molecule has 4 aliphatic heterocycles. The van der Waals surface area contributed by atoms with Gasteiger partial charge in [-0.1, -0.05) is 18.2 Å². The molecule has 19 heteroatoms. The number of Topliss-reactive ketones (excluding diaryl/α,β-unsaturated/α-hetero) is 1. The maximum atomic E-state index is 12.4. The van der Waals surface area contributed by atoms with Gasteiger partial charge in [0.15, 0.2) is 0 Å². The summed E-state index contributed by atoms with van der Waals surface area (Å²) in [6.45, 7) is 2.32. The van der Waals surface area contributed by atoms with Gasteiger partial charge in [0.05, 0.1) is 7.11 Å². The molecule has 0 radical (unpaired) electrons. The molecule has 0 spiro atoms. The van der Waals surface area contributed by atoms with E-state index in [1.165, 1.54) is 23.8 Å². The summed E-state index contributed by atoms with van der Waals surface area (Å²) in [5.74, 6) is -3.11. The zero-order chi connectivity index (χ0) is 44.7. The lowest BCUT2D eigenvalue weighted by molar-refractivity contribution is -0.146. The van der Waals surface area contributed by atoms with Gasteiger partial charge in [-0.05, 0) is 62.6 Å². The molecule has 0 aliphatic carbocycles. The van der Waals surface area contributed by atoms with E-state index in [1.54, 1.807) is 54.4 Å². The minimum absolute atomic E-state index is 0.00459. The van der Waals surface area contributed by atoms with Crippen LogP contribution in [0.15, 0.2) is 54.6 Å². The molecule has 61 heavy (non-hydrogen) atoms. The van der Waals surface area contributed by atoms with Crippen molar-refractivity contribution in [3.05, 3.63) is 88.0 Å². The second-order valence-electron chi connectivity index (χ2n) is 14.8. The number of piperidine rings is 1. The van der Waals surface area contributed by atoms with Crippen LogP contribution < -0.4 is 33.6 Å². The summed E-state index contributed by atoms with van der Waals surface area (Å²) in [6.07, 6.45) is 1.24. The van der Waals surface area contributed by atoms with Crippen LogP contribution in [0.25, 0.3) is 0 Å². The number of imide groups is 1. The lowest BCUT2D eigenvalue weighted by Crippen LogP contribution is -2.52. The average Bonchev–Trinajstić information content (AvgIpc) is 3.86. The maximum Gasteiger partial charge on any atom is 0.328 e. The first-order chi connectivity index (χ1) is 29.0. The monoisotopic (exact) mass is 839 g/mol. The largest absolute Gasteiger partial charge is 0.467 e. The molecule has 322 valence electrons. The van der Waals surface area contributed by atoms with Gasteiger partial charge in [-0.2, -0.15) is 0 Å². The number of ketones is 1. The van der Waals surface area contributed by atoms with Gasteiger partial charge in [-0.15, -0.1) is 0 Å². The van der Waals surface area contributed by atoms with Crippen LogP contribution in [-0.2, 0) is 53.1 Å². The summed E-state index contributed by atoms with van der Waals surface area (Å²) in [6, 6.07) is 13.4. The summed E-state index contributed by atoms with van der Waals surface area (Å²) < 4.78 is 4.72. The number of nitrogens with two attached hydrogens (primary N) is 4. The van der Waals surface area contributed by atoms with Crippen molar-refractivity contribution in [1.29, 1.82) is 0 Å². The standard InChI is InChI=1S/C14H17N3O4.C14H15N3O3.C14H17N3O3/c1-21-14(20)11(5-6-12(16)18)17-7-9-8(13(17)19)3-2-4-10(9)15;1-15-10-4-2-3-8-9(10)7-17(14(8)20)11-5-6-12(18)16-13(11)19;1-8(18)5-6-12(13(16)19)17-7-10-9(14(17)20)3-2-4-11(10)15/h2-4,11H,5-7,15H2,1H3,(H2,16,18);2-4,11,15H,5-7H2,1H3,(H,16,18,19);2-4,12H,5-7,15H2,1H3,(H2,16,19). The Hall–Kier alpha value is -7.31. The third-order valence-electron chi connectivity index (χ3n) is 10.9. The summed E-state index contributed by atoms with van der Waals surface area (Å²) in [4.78, 5) is 110. The van der Waals surface area contributed by atoms with Crippen LogP contribution in [0.1, 0.15) is 93.2 Å². The Kier molecular flexibility index (Phi) is 14.1. The van der Waals surface area contributed by atoms with E-state index in [0.717, 1.165) is 11.3 Å². The molecule has 0 saturated carbocycles. The molecule has 3 aromatic rings. The summed E-state index contributed by atoms with van der Waals surface area (Å²) >= 11 is 0. The number of hydrogen-bond donors (Lipinski definition) is 6. The van der Waals surface area contributed by atoms with E-state index in [1.807, 2.05) is 12.1 Å². The van der Waals surface area contributed by atoms with Crippen molar-refractivity contribution in [1.82, 2.24) is 20.0 Å². The van der Waals surface area contributed by atoms with Gasteiger partial charge in [0.25, 0.3) is 17.7 Å². The summed E-state index contributed by atoms with van der Waals surface area (Å²) in [7, 11) is 3.04. The maximum absolute atomic E-state index is 12.4. The number of methoxy groups -OCH3 is 1. The first kappa shape index (κ1) is 44.8. The molecule has 3 aromatic carbocycles. The fourth-order valence-electron chi connectivity index (χ4n) is 7.69. The number of amides is 7. The van der Waals surface area contributed by atoms with Crippen molar-refractivity contribution in [2.24, 2.45) is 11.5 Å². The van der Waals surface area contributed by atoms with Crippen molar-refractivity contribution >= 4 is 70.2 Å². The van der Waals surface area contributed by atoms with E-state index >= 15 is 0 Å². The molecule has 0 aromatic heterocycles. The van der Waals surface area contributed by atoms with Gasteiger partial charge in [-0.3, -0.25) is 38.9 Å². The zero-order valence-corrected chi connectivity index (χ0v) is 34.0. The Morgan fingerprint density at radius 2 is 1.28 bits per heavy atom. The predicted octanol–water partition coefficient (Wildman–Crippen LogP) is 0.969. The van der Waals surface area contributed by atoms with Crippen LogP contribution in [0, 0.1) is 0 Å². The topological polar surface area (TPSA) is 301 Å². The van der Waals surface area contributed by atoms with E-state index < -0.39 is 35.9 Å². The number of fused-ring (bicyclic) bond motifs is 3. The van der Waals surface area contributed by atoms with E-state index in [2.05, 4.69) is 10.6 Å². The molecule has 1 saturated heterocycles. The number of ether oxygens (including phenoxy) is 1. The normalized spacial score (nSPS) is 17.1. The molecule has 7 rings (SSSR count). The fourth-order valence-corrected chi connectivity index (χ4v) is 7.69. The number of hydrogen-bond acceptors (Lipinski definition) is 13. The number of primary amides is 2. The third kappa shape index (κ3) is 9.77. The van der Waals surface area contributed by atoms with Gasteiger partial charge in [0.2, 0.25) is 23.6 Å². The summed E-state index contributed by atoms with van der Waals surface area (Å²) in [5.41, 5.74) is 28.0. The number of esters is 1. The number of carbonyl (C=O) groups excluding carboxylic acids is 9. The molecule has 4 heterocycles. The Morgan fingerprint density at radius 1 is 0.754 bits per heavy atom. The molecule has 7 amide bonds. The molecular formula is C42H49N9O10. The fraction of sp³-hybridized carbons (Fsp3) is 0.357. The Labute approximate surface area is 351 Å². The number of nitrogen functional groups attached to an aromatic ring is 2. The van der Waals surface area contributed by atoms with Crippen molar-refractivity contribution in [3.8, 4) is 0 Å². The lowest BCUT2D eigenvalue weighted by Gasteiger charge is -2.29. The average molecular weight is 840 g/mol. The second-order valence-corrected chi connectivity index (χ2v) is 14.8. The molecule has 3 unspecified atom stereocenters. The van der Waals surface area contributed by atoms with Gasteiger partial charge >= 0.3 is 5.97 Å². The quantitative estimate of drug-likeness (QED) is 0.0843. The van der Waals surface area contributed by atoms with Crippen molar-refractivity contribution in [2.75, 3.05) is 30.9 Å². The van der Waals surface area contributed by atoms with Crippen molar-refractivity contribution in [3.63, 3.8) is 0 Å². The highest BCUT2D eigenvalue weighted by Gasteiger charge is 2.41. The molecule has 19 nitrogen and oxygen atoms in total. The number of nitrogens with one attached hydrogen (secondary N) is 2. The number of anilines is 3. The van der Waals surface area contributed by atoms with E-state index in [-0.39, 0.29) is 80.5 Å². The van der Waals surface area contributed by atoms with Gasteiger partial charge in [-0.25, -0.2) is 4.79 Å². The lowest BCUT2D eigenvalue weighted by atomic mass is 10.0. The van der Waals surface area contributed by atoms with E-state index in [9.17, 15) is 43.2 Å².